The number of aryl methyl sites for hydroxylation is 2. The molecule has 0 bridgehead atoms. The van der Waals surface area contributed by atoms with Crippen LogP contribution in [0.4, 0.5) is 0 Å². The van der Waals surface area contributed by atoms with E-state index in [1.165, 1.54) is 5.56 Å². The van der Waals surface area contributed by atoms with Crippen LogP contribution in [0.25, 0.3) is 6.08 Å². The number of methoxy groups -OCH3 is 1. The van der Waals surface area contributed by atoms with Gasteiger partial charge in [-0.1, -0.05) is 18.2 Å². The Bertz CT molecular complexity index is 834. The molecule has 2 aromatic rings. The second-order valence-corrected chi connectivity index (χ2v) is 5.41. The van der Waals surface area contributed by atoms with Crippen LogP contribution in [-0.4, -0.2) is 19.0 Å². The highest BCUT2D eigenvalue weighted by atomic mass is 16.6. The molecule has 0 atom stereocenters. The van der Waals surface area contributed by atoms with Gasteiger partial charge in [-0.15, -0.1) is 0 Å². The van der Waals surface area contributed by atoms with Crippen molar-refractivity contribution in [3.63, 3.8) is 0 Å². The van der Waals surface area contributed by atoms with E-state index in [2.05, 4.69) is 4.99 Å². The van der Waals surface area contributed by atoms with E-state index >= 15 is 0 Å². The van der Waals surface area contributed by atoms with Crippen LogP contribution < -0.4 is 4.74 Å². The summed E-state index contributed by atoms with van der Waals surface area (Å²) in [7, 11) is 1.60. The van der Waals surface area contributed by atoms with Crippen molar-refractivity contribution >= 4 is 17.9 Å². The summed E-state index contributed by atoms with van der Waals surface area (Å²) < 4.78 is 10.5. The molecule has 2 aromatic carbocycles. The van der Waals surface area contributed by atoms with Crippen LogP contribution in [0.2, 0.25) is 0 Å². The van der Waals surface area contributed by atoms with Gasteiger partial charge in [0.1, 0.15) is 5.75 Å². The van der Waals surface area contributed by atoms with Crippen molar-refractivity contribution in [2.45, 2.75) is 13.8 Å². The first-order chi connectivity index (χ1) is 11.1. The Balaban J connectivity index is 1.94. The molecule has 23 heavy (non-hydrogen) atoms. The Hall–Kier alpha value is -2.88. The predicted molar refractivity (Wildman–Crippen MR) is 89.5 cm³/mol. The molecule has 0 saturated carbocycles. The summed E-state index contributed by atoms with van der Waals surface area (Å²) in [5.74, 6) is 0.623. The Labute approximate surface area is 135 Å². The maximum Gasteiger partial charge on any atom is 0.363 e. The first-order valence-corrected chi connectivity index (χ1v) is 7.31. The van der Waals surface area contributed by atoms with E-state index < -0.39 is 5.97 Å². The number of carbonyl (C=O) groups is 1. The monoisotopic (exact) mass is 307 g/mol. The molecule has 1 heterocycles. The number of hydrogen-bond acceptors (Lipinski definition) is 4. The maximum absolute atomic E-state index is 12.0. The van der Waals surface area contributed by atoms with Gasteiger partial charge in [0.2, 0.25) is 5.90 Å². The molecule has 3 rings (SSSR count). The van der Waals surface area contributed by atoms with Gasteiger partial charge in [-0.05, 0) is 60.9 Å². The topological polar surface area (TPSA) is 47.9 Å². The number of carbonyl (C=O) groups excluding carboxylic acids is 1. The number of rotatable bonds is 3. The third-order valence-electron chi connectivity index (χ3n) is 3.77. The molecular formula is C19H17NO3. The van der Waals surface area contributed by atoms with Crippen molar-refractivity contribution in [2.75, 3.05) is 7.11 Å². The summed E-state index contributed by atoms with van der Waals surface area (Å²) in [6, 6.07) is 13.3. The number of benzene rings is 2. The Kier molecular flexibility index (Phi) is 3.98. The van der Waals surface area contributed by atoms with Crippen LogP contribution in [0.3, 0.4) is 0 Å². The first-order valence-electron chi connectivity index (χ1n) is 7.31. The lowest BCUT2D eigenvalue weighted by Crippen LogP contribution is -2.05. The van der Waals surface area contributed by atoms with E-state index in [4.69, 9.17) is 9.47 Å². The fourth-order valence-electron chi connectivity index (χ4n) is 2.30. The quantitative estimate of drug-likeness (QED) is 0.642. The molecule has 0 amide bonds. The number of ether oxygens (including phenoxy) is 2. The molecule has 116 valence electrons. The van der Waals surface area contributed by atoms with Crippen molar-refractivity contribution in [3.05, 3.63) is 70.4 Å². The third-order valence-corrected chi connectivity index (χ3v) is 3.77. The highest BCUT2D eigenvalue weighted by Gasteiger charge is 2.24. The largest absolute Gasteiger partial charge is 0.497 e. The van der Waals surface area contributed by atoms with Crippen molar-refractivity contribution in [1.29, 1.82) is 0 Å². The lowest BCUT2D eigenvalue weighted by molar-refractivity contribution is -0.129. The minimum absolute atomic E-state index is 0.284. The zero-order chi connectivity index (χ0) is 16.4. The van der Waals surface area contributed by atoms with Crippen molar-refractivity contribution < 1.29 is 14.3 Å². The Morgan fingerprint density at radius 1 is 1.09 bits per heavy atom. The Morgan fingerprint density at radius 3 is 2.65 bits per heavy atom. The van der Waals surface area contributed by atoms with Crippen molar-refractivity contribution in [2.24, 2.45) is 4.99 Å². The molecule has 1 aliphatic heterocycles. The van der Waals surface area contributed by atoms with E-state index in [1.54, 1.807) is 13.2 Å². The van der Waals surface area contributed by atoms with Crippen LogP contribution in [-0.2, 0) is 9.53 Å². The van der Waals surface area contributed by atoms with E-state index in [0.717, 1.165) is 22.4 Å². The molecule has 0 aliphatic carbocycles. The summed E-state index contributed by atoms with van der Waals surface area (Å²) >= 11 is 0. The van der Waals surface area contributed by atoms with Crippen LogP contribution >= 0.6 is 0 Å². The summed E-state index contributed by atoms with van der Waals surface area (Å²) in [5.41, 5.74) is 4.24. The smallest absolute Gasteiger partial charge is 0.363 e. The van der Waals surface area contributed by atoms with Crippen molar-refractivity contribution in [3.8, 4) is 5.75 Å². The molecule has 1 aliphatic rings. The van der Waals surface area contributed by atoms with E-state index in [0.29, 0.717) is 5.90 Å². The van der Waals surface area contributed by atoms with E-state index in [1.807, 2.05) is 56.3 Å². The Morgan fingerprint density at radius 2 is 1.91 bits per heavy atom. The summed E-state index contributed by atoms with van der Waals surface area (Å²) in [5, 5.41) is 0. The normalized spacial score (nSPS) is 15.5. The number of hydrogen-bond donors (Lipinski definition) is 0. The van der Waals surface area contributed by atoms with Crippen LogP contribution in [0.1, 0.15) is 22.3 Å². The fourth-order valence-corrected chi connectivity index (χ4v) is 2.30. The standard InChI is InChI=1S/C19H17NO3/c1-12-7-8-15(9-13(12)2)18-20-17(19(21)23-18)11-14-5-4-6-16(10-14)22-3/h4-11H,1-3H3/b17-11+. The molecule has 0 N–H and O–H groups in total. The van der Waals surface area contributed by atoms with Crippen LogP contribution in [0.15, 0.2) is 53.2 Å². The molecule has 4 nitrogen and oxygen atoms in total. The zero-order valence-corrected chi connectivity index (χ0v) is 13.3. The van der Waals surface area contributed by atoms with Gasteiger partial charge >= 0.3 is 5.97 Å². The number of aliphatic imine (C=N–C) groups is 1. The lowest BCUT2D eigenvalue weighted by atomic mass is 10.1. The van der Waals surface area contributed by atoms with Gasteiger partial charge in [-0.2, -0.15) is 0 Å². The van der Waals surface area contributed by atoms with Gasteiger partial charge < -0.3 is 9.47 Å². The number of nitrogens with zero attached hydrogens (tertiary/aromatic N) is 1. The molecule has 0 saturated heterocycles. The minimum atomic E-state index is -0.443. The fraction of sp³-hybridized carbons (Fsp3) is 0.158. The maximum atomic E-state index is 12.0. The number of esters is 1. The van der Waals surface area contributed by atoms with Crippen molar-refractivity contribution in [1.82, 2.24) is 0 Å². The highest BCUT2D eigenvalue weighted by molar-refractivity contribution is 6.12. The minimum Gasteiger partial charge on any atom is -0.497 e. The third kappa shape index (κ3) is 3.16. The summed E-state index contributed by atoms with van der Waals surface area (Å²) in [6.45, 7) is 4.05. The predicted octanol–water partition coefficient (Wildman–Crippen LogP) is 3.66. The van der Waals surface area contributed by atoms with Gasteiger partial charge in [0.15, 0.2) is 5.70 Å². The second-order valence-electron chi connectivity index (χ2n) is 5.41. The van der Waals surface area contributed by atoms with Gasteiger partial charge in [0, 0.05) is 5.56 Å². The molecule has 0 fully saturated rings. The van der Waals surface area contributed by atoms with Crippen LogP contribution in [0.5, 0.6) is 5.75 Å². The molecule has 0 radical (unpaired) electrons. The van der Waals surface area contributed by atoms with Crippen LogP contribution in [0, 0.1) is 13.8 Å². The van der Waals surface area contributed by atoms with E-state index in [-0.39, 0.29) is 5.70 Å². The molecule has 0 spiro atoms. The SMILES string of the molecule is COc1cccc(/C=C2/N=C(c3ccc(C)c(C)c3)OC2=O)c1. The second kappa shape index (κ2) is 6.08. The number of cyclic esters (lactones) is 1. The van der Waals surface area contributed by atoms with Gasteiger partial charge in [-0.3, -0.25) is 0 Å². The molecule has 0 unspecified atom stereocenters. The van der Waals surface area contributed by atoms with Gasteiger partial charge in [0.05, 0.1) is 7.11 Å². The average Bonchev–Trinajstić information content (AvgIpc) is 2.91. The van der Waals surface area contributed by atoms with Gasteiger partial charge in [0.25, 0.3) is 0 Å². The van der Waals surface area contributed by atoms with E-state index in [9.17, 15) is 4.79 Å². The molecule has 4 heteroatoms. The molecule has 0 aromatic heterocycles. The summed E-state index contributed by atoms with van der Waals surface area (Å²) in [4.78, 5) is 16.4. The highest BCUT2D eigenvalue weighted by Crippen LogP contribution is 2.22. The average molecular weight is 307 g/mol. The van der Waals surface area contributed by atoms with Gasteiger partial charge in [-0.25, -0.2) is 9.79 Å². The lowest BCUT2D eigenvalue weighted by Gasteiger charge is -2.03. The summed E-state index contributed by atoms with van der Waals surface area (Å²) in [6.07, 6.45) is 1.69. The molecular weight excluding hydrogens is 290 g/mol. The zero-order valence-electron chi connectivity index (χ0n) is 13.3. The first kappa shape index (κ1) is 15.0.